The Morgan fingerprint density at radius 3 is 1.84 bits per heavy atom. The summed E-state index contributed by atoms with van der Waals surface area (Å²) in [6.45, 7) is 4.24. The lowest BCUT2D eigenvalue weighted by Crippen LogP contribution is -1.89. The number of thioether (sulfide) groups is 1. The van der Waals surface area contributed by atoms with Gasteiger partial charge in [0.05, 0.1) is 0 Å². The first-order chi connectivity index (χ1) is 18.3. The zero-order chi connectivity index (χ0) is 24.8. The van der Waals surface area contributed by atoms with Crippen molar-refractivity contribution >= 4 is 54.6 Å². The number of benzene rings is 6. The molecule has 0 bridgehead atoms. The molecule has 0 fully saturated rings. The van der Waals surface area contributed by atoms with Crippen molar-refractivity contribution in [3.05, 3.63) is 151 Å². The highest BCUT2D eigenvalue weighted by Gasteiger charge is 2.13. The van der Waals surface area contributed by atoms with Gasteiger partial charge in [0.2, 0.25) is 0 Å². The molecule has 0 saturated carbocycles. The molecule has 0 spiro atoms. The summed E-state index contributed by atoms with van der Waals surface area (Å²) in [5.74, 6) is 0. The highest BCUT2D eigenvalue weighted by Crippen LogP contribution is 2.41. The van der Waals surface area contributed by atoms with Gasteiger partial charge in [-0.2, -0.15) is 0 Å². The van der Waals surface area contributed by atoms with Crippen LogP contribution in [0.2, 0.25) is 0 Å². The minimum absolute atomic E-state index is 1.04. The molecule has 0 aromatic heterocycles. The lowest BCUT2D eigenvalue weighted by molar-refractivity contribution is 1.41. The average Bonchev–Trinajstić information content (AvgIpc) is 2.96. The summed E-state index contributed by atoms with van der Waals surface area (Å²) in [7, 11) is 0. The van der Waals surface area contributed by atoms with Crippen LogP contribution in [0.5, 0.6) is 0 Å². The van der Waals surface area contributed by atoms with E-state index in [9.17, 15) is 0 Å². The van der Waals surface area contributed by atoms with E-state index < -0.39 is 0 Å². The molecule has 0 amide bonds. The Morgan fingerprint density at radius 2 is 1.08 bits per heavy atom. The molecule has 0 nitrogen and oxygen atoms in total. The van der Waals surface area contributed by atoms with Gasteiger partial charge < -0.3 is 0 Å². The van der Waals surface area contributed by atoms with E-state index in [-0.39, 0.29) is 0 Å². The van der Waals surface area contributed by atoms with E-state index >= 15 is 0 Å². The Morgan fingerprint density at radius 1 is 0.486 bits per heavy atom. The van der Waals surface area contributed by atoms with Gasteiger partial charge in [-0.1, -0.05) is 128 Å². The first kappa shape index (κ1) is 21.9. The molecular weight excluding hydrogens is 464 g/mol. The Bertz CT molecular complexity index is 1880. The molecule has 37 heavy (non-hydrogen) atoms. The van der Waals surface area contributed by atoms with Crippen molar-refractivity contribution < 1.29 is 0 Å². The second-order valence-corrected chi connectivity index (χ2v) is 10.5. The third-order valence-electron chi connectivity index (χ3n) is 7.22. The maximum atomic E-state index is 4.24. The number of allylic oxidation sites excluding steroid dienone is 4. The van der Waals surface area contributed by atoms with E-state index in [1.165, 1.54) is 64.4 Å². The summed E-state index contributed by atoms with van der Waals surface area (Å²) in [5.41, 5.74) is 5.91. The molecule has 0 aliphatic carbocycles. The number of hydrogen-bond donors (Lipinski definition) is 0. The standard InChI is InChI=1S/C36H24S/c1-24-10-8-19-35(37-36-18-7-6-13-28(24)36)27-12-9-11-25(22-27)26-20-21-33-31-16-3-2-14-29(31)30-15-4-5-17-32(30)34(33)23-26/h2-23H,1H2/b10-8-,35-19-. The van der Waals surface area contributed by atoms with E-state index in [1.54, 1.807) is 11.8 Å². The van der Waals surface area contributed by atoms with Crippen molar-refractivity contribution in [1.29, 1.82) is 0 Å². The minimum Gasteiger partial charge on any atom is -0.0911 e. The summed E-state index contributed by atoms with van der Waals surface area (Å²) in [4.78, 5) is 2.47. The fourth-order valence-electron chi connectivity index (χ4n) is 5.41. The summed E-state index contributed by atoms with van der Waals surface area (Å²) < 4.78 is 0. The van der Waals surface area contributed by atoms with Crippen molar-refractivity contribution in [2.24, 2.45) is 0 Å². The monoisotopic (exact) mass is 488 g/mol. The fourth-order valence-corrected chi connectivity index (χ4v) is 6.49. The van der Waals surface area contributed by atoms with Gasteiger partial charge in [0.25, 0.3) is 0 Å². The highest BCUT2D eigenvalue weighted by molar-refractivity contribution is 8.08. The van der Waals surface area contributed by atoms with Gasteiger partial charge in [0, 0.05) is 9.80 Å². The smallest absolute Gasteiger partial charge is 0.0200 e. The molecule has 1 aliphatic rings. The van der Waals surface area contributed by atoms with Gasteiger partial charge in [-0.15, -0.1) is 0 Å². The summed E-state index contributed by atoms with van der Waals surface area (Å²) >= 11 is 1.81. The highest BCUT2D eigenvalue weighted by atomic mass is 32.2. The number of hydrogen-bond acceptors (Lipinski definition) is 1. The molecule has 7 rings (SSSR count). The van der Waals surface area contributed by atoms with E-state index in [1.807, 2.05) is 0 Å². The van der Waals surface area contributed by atoms with E-state index in [0.29, 0.717) is 0 Å². The van der Waals surface area contributed by atoms with Gasteiger partial charge in [0.1, 0.15) is 0 Å². The lowest BCUT2D eigenvalue weighted by atomic mass is 9.92. The van der Waals surface area contributed by atoms with Crippen LogP contribution >= 0.6 is 11.8 Å². The molecule has 0 radical (unpaired) electrons. The molecule has 1 heterocycles. The van der Waals surface area contributed by atoms with Crippen molar-refractivity contribution in [2.75, 3.05) is 0 Å². The van der Waals surface area contributed by atoms with Gasteiger partial charge >= 0.3 is 0 Å². The predicted octanol–water partition coefficient (Wildman–Crippen LogP) is 10.5. The second kappa shape index (κ2) is 8.96. The third kappa shape index (κ3) is 3.80. The minimum atomic E-state index is 1.04. The topological polar surface area (TPSA) is 0 Å². The number of rotatable bonds is 2. The molecule has 0 unspecified atom stereocenters. The quantitative estimate of drug-likeness (QED) is 0.218. The fraction of sp³-hybridized carbons (Fsp3) is 0. The van der Waals surface area contributed by atoms with Gasteiger partial charge in [-0.05, 0) is 84.4 Å². The molecule has 6 aromatic carbocycles. The molecular formula is C36H24S. The van der Waals surface area contributed by atoms with Crippen molar-refractivity contribution in [1.82, 2.24) is 0 Å². The lowest BCUT2D eigenvalue weighted by Gasteiger charge is -2.15. The molecule has 6 aromatic rings. The van der Waals surface area contributed by atoms with Gasteiger partial charge in [-0.25, -0.2) is 0 Å². The summed E-state index contributed by atoms with van der Waals surface area (Å²) in [6.07, 6.45) is 6.41. The SMILES string of the molecule is C=C1/C=C\C=C(\c2cccc(-c3ccc4c5ccccc5c5ccccc5c4c3)c2)Sc2ccccc21. The molecule has 0 atom stereocenters. The molecule has 0 saturated heterocycles. The van der Waals surface area contributed by atoms with Crippen LogP contribution in [0.1, 0.15) is 11.1 Å². The van der Waals surface area contributed by atoms with E-state index in [4.69, 9.17) is 0 Å². The molecule has 1 aliphatic heterocycles. The van der Waals surface area contributed by atoms with Gasteiger partial charge in [0.15, 0.2) is 0 Å². The third-order valence-corrected chi connectivity index (χ3v) is 8.39. The van der Waals surface area contributed by atoms with E-state index in [2.05, 4.69) is 140 Å². The molecule has 0 N–H and O–H groups in total. The molecule has 1 heteroatoms. The number of fused-ring (bicyclic) bond motifs is 7. The maximum Gasteiger partial charge on any atom is 0.0200 e. The largest absolute Gasteiger partial charge is 0.0911 e. The van der Waals surface area contributed by atoms with Crippen LogP contribution in [0, 0.1) is 0 Å². The Hall–Kier alpha value is -4.33. The summed E-state index contributed by atoms with van der Waals surface area (Å²) in [6, 6.07) is 41.8. The van der Waals surface area contributed by atoms with Crippen LogP contribution in [0.15, 0.2) is 145 Å². The zero-order valence-electron chi connectivity index (χ0n) is 20.3. The van der Waals surface area contributed by atoms with Crippen LogP contribution in [0.3, 0.4) is 0 Å². The Balaban J connectivity index is 1.37. The first-order valence-electron chi connectivity index (χ1n) is 12.5. The van der Waals surface area contributed by atoms with Crippen LogP contribution in [-0.2, 0) is 0 Å². The summed E-state index contributed by atoms with van der Waals surface area (Å²) in [5, 5.41) is 7.82. The van der Waals surface area contributed by atoms with Crippen molar-refractivity contribution in [2.45, 2.75) is 4.90 Å². The predicted molar refractivity (Wildman–Crippen MR) is 163 cm³/mol. The Kier molecular flexibility index (Phi) is 5.30. The van der Waals surface area contributed by atoms with Crippen molar-refractivity contribution in [3.63, 3.8) is 0 Å². The van der Waals surface area contributed by atoms with Crippen LogP contribution in [0.4, 0.5) is 0 Å². The van der Waals surface area contributed by atoms with Crippen LogP contribution in [-0.4, -0.2) is 0 Å². The normalized spacial score (nSPS) is 15.7. The first-order valence-corrected chi connectivity index (χ1v) is 13.4. The Labute approximate surface area is 221 Å². The van der Waals surface area contributed by atoms with E-state index in [0.717, 1.165) is 5.57 Å². The van der Waals surface area contributed by atoms with Crippen molar-refractivity contribution in [3.8, 4) is 11.1 Å². The average molecular weight is 489 g/mol. The van der Waals surface area contributed by atoms with Crippen LogP contribution in [0.25, 0.3) is 53.9 Å². The molecule has 174 valence electrons. The van der Waals surface area contributed by atoms with Crippen LogP contribution < -0.4 is 0 Å². The second-order valence-electron chi connectivity index (χ2n) is 9.45. The maximum absolute atomic E-state index is 4.24. The zero-order valence-corrected chi connectivity index (χ0v) is 21.1. The van der Waals surface area contributed by atoms with Gasteiger partial charge in [-0.3, -0.25) is 0 Å².